The Labute approximate surface area is 112 Å². The molecule has 0 aliphatic carbocycles. The third kappa shape index (κ3) is 4.69. The molecule has 0 atom stereocenters. The van der Waals surface area contributed by atoms with E-state index in [0.717, 1.165) is 44.6 Å². The summed E-state index contributed by atoms with van der Waals surface area (Å²) in [5.41, 5.74) is 7.08. The van der Waals surface area contributed by atoms with Crippen molar-refractivity contribution in [1.29, 1.82) is 0 Å². The summed E-state index contributed by atoms with van der Waals surface area (Å²) in [4.78, 5) is 0. The predicted molar refractivity (Wildman–Crippen MR) is 78.2 cm³/mol. The lowest BCUT2D eigenvalue weighted by Crippen LogP contribution is -2.15. The minimum Gasteiger partial charge on any atom is -0.494 e. The summed E-state index contributed by atoms with van der Waals surface area (Å²) in [7, 11) is 0. The molecule has 0 heterocycles. The quantitative estimate of drug-likeness (QED) is 0.710. The van der Waals surface area contributed by atoms with E-state index in [0.29, 0.717) is 0 Å². The standard InChI is InChI=1S/C16H27NO/c1-4-16(2,3)14-8-10-15(11-9-14)18-13-7-5-6-12-17/h8-11H,4-7,12-13,17H2,1-3H3. The molecule has 1 aromatic rings. The van der Waals surface area contributed by atoms with Crippen molar-refractivity contribution in [2.45, 2.75) is 51.9 Å². The van der Waals surface area contributed by atoms with Crippen LogP contribution >= 0.6 is 0 Å². The molecule has 0 saturated heterocycles. The topological polar surface area (TPSA) is 35.2 Å². The van der Waals surface area contributed by atoms with Gasteiger partial charge in [-0.25, -0.2) is 0 Å². The van der Waals surface area contributed by atoms with Gasteiger partial charge in [-0.05, 0) is 55.3 Å². The predicted octanol–water partition coefficient (Wildman–Crippen LogP) is 3.88. The van der Waals surface area contributed by atoms with Gasteiger partial charge in [0.25, 0.3) is 0 Å². The smallest absolute Gasteiger partial charge is 0.119 e. The summed E-state index contributed by atoms with van der Waals surface area (Å²) in [5.74, 6) is 0.971. The molecule has 0 amide bonds. The molecule has 0 radical (unpaired) electrons. The highest BCUT2D eigenvalue weighted by Gasteiger charge is 2.17. The van der Waals surface area contributed by atoms with E-state index in [1.54, 1.807) is 0 Å². The first-order valence-corrected chi connectivity index (χ1v) is 7.03. The second-order valence-electron chi connectivity index (χ2n) is 5.46. The van der Waals surface area contributed by atoms with Gasteiger partial charge in [0.2, 0.25) is 0 Å². The van der Waals surface area contributed by atoms with E-state index in [9.17, 15) is 0 Å². The monoisotopic (exact) mass is 249 g/mol. The molecule has 2 heteroatoms. The van der Waals surface area contributed by atoms with E-state index < -0.39 is 0 Å². The third-order valence-electron chi connectivity index (χ3n) is 3.64. The van der Waals surface area contributed by atoms with E-state index in [4.69, 9.17) is 10.5 Å². The highest BCUT2D eigenvalue weighted by molar-refractivity contribution is 5.31. The average molecular weight is 249 g/mol. The number of rotatable bonds is 8. The Morgan fingerprint density at radius 2 is 1.72 bits per heavy atom. The molecule has 1 aromatic carbocycles. The van der Waals surface area contributed by atoms with Gasteiger partial charge in [0.05, 0.1) is 6.61 Å². The second-order valence-corrected chi connectivity index (χ2v) is 5.46. The van der Waals surface area contributed by atoms with E-state index in [2.05, 4.69) is 45.0 Å². The highest BCUT2D eigenvalue weighted by atomic mass is 16.5. The van der Waals surface area contributed by atoms with Crippen LogP contribution in [0.5, 0.6) is 5.75 Å². The molecule has 0 bridgehead atoms. The maximum atomic E-state index is 5.71. The number of hydrogen-bond donors (Lipinski definition) is 1. The zero-order chi connectivity index (χ0) is 13.4. The first-order chi connectivity index (χ1) is 8.60. The zero-order valence-electron chi connectivity index (χ0n) is 12.0. The number of nitrogens with two attached hydrogens (primary N) is 1. The lowest BCUT2D eigenvalue weighted by molar-refractivity contribution is 0.305. The molecule has 0 aromatic heterocycles. The summed E-state index contributed by atoms with van der Waals surface area (Å²) in [5, 5.41) is 0. The van der Waals surface area contributed by atoms with E-state index in [1.807, 2.05) is 0 Å². The molecule has 0 unspecified atom stereocenters. The number of hydrogen-bond acceptors (Lipinski definition) is 2. The Hall–Kier alpha value is -1.02. The number of benzene rings is 1. The van der Waals surface area contributed by atoms with Crippen LogP contribution in [0.15, 0.2) is 24.3 Å². The Balaban J connectivity index is 2.41. The summed E-state index contributed by atoms with van der Waals surface area (Å²) in [6.07, 6.45) is 4.47. The number of unbranched alkanes of at least 4 members (excludes halogenated alkanes) is 2. The van der Waals surface area contributed by atoms with Gasteiger partial charge in [0.15, 0.2) is 0 Å². The van der Waals surface area contributed by atoms with Crippen molar-refractivity contribution in [2.24, 2.45) is 5.73 Å². The van der Waals surface area contributed by atoms with Crippen LogP contribution in [0.3, 0.4) is 0 Å². The van der Waals surface area contributed by atoms with Gasteiger partial charge in [0.1, 0.15) is 5.75 Å². The minimum absolute atomic E-state index is 0.250. The molecule has 2 N–H and O–H groups in total. The van der Waals surface area contributed by atoms with Gasteiger partial charge in [-0.2, -0.15) is 0 Å². The van der Waals surface area contributed by atoms with Crippen LogP contribution in [0, 0.1) is 0 Å². The van der Waals surface area contributed by atoms with Crippen LogP contribution in [0.25, 0.3) is 0 Å². The van der Waals surface area contributed by atoms with Gasteiger partial charge in [-0.3, -0.25) is 0 Å². The van der Waals surface area contributed by atoms with Crippen molar-refractivity contribution in [2.75, 3.05) is 13.2 Å². The SMILES string of the molecule is CCC(C)(C)c1ccc(OCCCCCN)cc1. The second kappa shape index (κ2) is 7.42. The fourth-order valence-electron chi connectivity index (χ4n) is 1.82. The van der Waals surface area contributed by atoms with Crippen LogP contribution < -0.4 is 10.5 Å². The van der Waals surface area contributed by atoms with Gasteiger partial charge in [-0.1, -0.05) is 32.9 Å². The zero-order valence-corrected chi connectivity index (χ0v) is 12.0. The Kier molecular flexibility index (Phi) is 6.20. The molecule has 0 saturated carbocycles. The van der Waals surface area contributed by atoms with Crippen LogP contribution in [0.2, 0.25) is 0 Å². The summed E-state index contributed by atoms with van der Waals surface area (Å²) in [6, 6.07) is 8.52. The fourth-order valence-corrected chi connectivity index (χ4v) is 1.82. The first-order valence-electron chi connectivity index (χ1n) is 7.03. The normalized spacial score (nSPS) is 11.6. The molecule has 0 spiro atoms. The molecule has 0 fully saturated rings. The van der Waals surface area contributed by atoms with Gasteiger partial charge in [-0.15, -0.1) is 0 Å². The largest absolute Gasteiger partial charge is 0.494 e. The number of ether oxygens (including phenoxy) is 1. The summed E-state index contributed by atoms with van der Waals surface area (Å²) < 4.78 is 5.71. The Morgan fingerprint density at radius 3 is 2.28 bits per heavy atom. The fraction of sp³-hybridized carbons (Fsp3) is 0.625. The summed E-state index contributed by atoms with van der Waals surface area (Å²) in [6.45, 7) is 8.34. The average Bonchev–Trinajstić information content (AvgIpc) is 2.39. The van der Waals surface area contributed by atoms with Crippen molar-refractivity contribution in [1.82, 2.24) is 0 Å². The minimum atomic E-state index is 0.250. The Morgan fingerprint density at radius 1 is 1.06 bits per heavy atom. The molecular weight excluding hydrogens is 222 g/mol. The van der Waals surface area contributed by atoms with E-state index in [1.165, 1.54) is 5.56 Å². The molecular formula is C16H27NO. The molecule has 1 rings (SSSR count). The molecule has 18 heavy (non-hydrogen) atoms. The maximum absolute atomic E-state index is 5.71. The molecule has 2 nitrogen and oxygen atoms in total. The van der Waals surface area contributed by atoms with Crippen LogP contribution in [0.4, 0.5) is 0 Å². The van der Waals surface area contributed by atoms with Crippen molar-refractivity contribution in [3.63, 3.8) is 0 Å². The van der Waals surface area contributed by atoms with E-state index in [-0.39, 0.29) is 5.41 Å². The van der Waals surface area contributed by atoms with Crippen molar-refractivity contribution < 1.29 is 4.74 Å². The van der Waals surface area contributed by atoms with Crippen molar-refractivity contribution in [3.05, 3.63) is 29.8 Å². The Bertz CT molecular complexity index is 329. The maximum Gasteiger partial charge on any atom is 0.119 e. The van der Waals surface area contributed by atoms with Gasteiger partial charge >= 0.3 is 0 Å². The van der Waals surface area contributed by atoms with Crippen molar-refractivity contribution >= 4 is 0 Å². The van der Waals surface area contributed by atoms with Crippen molar-refractivity contribution in [3.8, 4) is 5.75 Å². The first kappa shape index (κ1) is 15.0. The highest BCUT2D eigenvalue weighted by Crippen LogP contribution is 2.28. The van der Waals surface area contributed by atoms with Crippen LogP contribution in [-0.4, -0.2) is 13.2 Å². The van der Waals surface area contributed by atoms with Gasteiger partial charge in [0, 0.05) is 0 Å². The summed E-state index contributed by atoms with van der Waals surface area (Å²) >= 11 is 0. The van der Waals surface area contributed by atoms with Crippen LogP contribution in [0.1, 0.15) is 52.0 Å². The van der Waals surface area contributed by atoms with Gasteiger partial charge < -0.3 is 10.5 Å². The molecule has 0 aliphatic heterocycles. The third-order valence-corrected chi connectivity index (χ3v) is 3.64. The van der Waals surface area contributed by atoms with E-state index >= 15 is 0 Å². The molecule has 0 aliphatic rings. The molecule has 102 valence electrons. The lowest BCUT2D eigenvalue weighted by atomic mass is 9.82. The lowest BCUT2D eigenvalue weighted by Gasteiger charge is -2.23. The van der Waals surface area contributed by atoms with Crippen LogP contribution in [-0.2, 0) is 5.41 Å².